The molecule has 0 heterocycles. The van der Waals surface area contributed by atoms with Crippen LogP contribution < -0.4 is 0 Å². The van der Waals surface area contributed by atoms with Crippen LogP contribution >= 0.6 is 0 Å². The molecule has 76 valence electrons. The Balaban J connectivity index is 2.70. The molecule has 0 saturated carbocycles. The second-order valence-corrected chi connectivity index (χ2v) is 3.34. The summed E-state index contributed by atoms with van der Waals surface area (Å²) >= 11 is 0. The van der Waals surface area contributed by atoms with Crippen molar-refractivity contribution in [3.63, 3.8) is 0 Å². The Kier molecular flexibility index (Phi) is 3.51. The average Bonchev–Trinajstić information content (AvgIpc) is 2.25. The van der Waals surface area contributed by atoms with Gasteiger partial charge in [0.2, 0.25) is 0 Å². The van der Waals surface area contributed by atoms with Crippen LogP contribution in [0.3, 0.4) is 0 Å². The largest absolute Gasteiger partial charge is 0.486 e. The van der Waals surface area contributed by atoms with Crippen LogP contribution in [0.5, 0.6) is 0 Å². The molecule has 0 aliphatic heterocycles. The number of hydrogen-bond donors (Lipinski definition) is 1. The van der Waals surface area contributed by atoms with Gasteiger partial charge in [-0.05, 0) is 19.4 Å². The normalized spacial score (nSPS) is 16.3. The molecule has 0 aromatic heterocycles. The Labute approximate surface area is 83.4 Å². The molecule has 0 unspecified atom stereocenters. The lowest BCUT2D eigenvalue weighted by molar-refractivity contribution is -0.140. The Morgan fingerprint density at radius 3 is 2.93 bits per heavy atom. The summed E-state index contributed by atoms with van der Waals surface area (Å²) in [6.07, 6.45) is 6.56. The maximum Gasteiger partial charge on any atom is 0.341 e. The van der Waals surface area contributed by atoms with Gasteiger partial charge in [-0.2, -0.15) is 0 Å². The molecule has 0 aromatic carbocycles. The smallest absolute Gasteiger partial charge is 0.341 e. The molecule has 0 spiro atoms. The minimum Gasteiger partial charge on any atom is -0.486 e. The zero-order chi connectivity index (χ0) is 10.6. The zero-order valence-electron chi connectivity index (χ0n) is 8.41. The van der Waals surface area contributed by atoms with E-state index in [1.807, 2.05) is 32.1 Å². The summed E-state index contributed by atoms with van der Waals surface area (Å²) in [6, 6.07) is 0. The molecule has 0 aromatic rings. The quantitative estimate of drug-likeness (QED) is 0.749. The molecular weight excluding hydrogens is 180 g/mol. The van der Waals surface area contributed by atoms with E-state index in [1.54, 1.807) is 0 Å². The molecule has 0 saturated heterocycles. The van der Waals surface area contributed by atoms with Crippen molar-refractivity contribution >= 4 is 5.97 Å². The highest BCUT2D eigenvalue weighted by molar-refractivity contribution is 5.68. The van der Waals surface area contributed by atoms with Crippen molar-refractivity contribution in [2.24, 2.45) is 0 Å². The third-order valence-electron chi connectivity index (χ3n) is 1.98. The third-order valence-corrected chi connectivity index (χ3v) is 1.98. The van der Waals surface area contributed by atoms with Gasteiger partial charge >= 0.3 is 5.97 Å². The number of carbonyl (C=O) groups is 1. The van der Waals surface area contributed by atoms with Crippen molar-refractivity contribution in [2.45, 2.75) is 20.3 Å². The molecule has 0 atom stereocenters. The predicted molar refractivity (Wildman–Crippen MR) is 53.8 cm³/mol. The molecule has 3 heteroatoms. The number of aliphatic carboxylic acids is 1. The fourth-order valence-corrected chi connectivity index (χ4v) is 1.21. The Bertz CT molecular complexity index is 321. The van der Waals surface area contributed by atoms with E-state index in [0.717, 1.165) is 11.3 Å². The fourth-order valence-electron chi connectivity index (χ4n) is 1.21. The molecule has 0 bridgehead atoms. The molecule has 3 nitrogen and oxygen atoms in total. The van der Waals surface area contributed by atoms with Gasteiger partial charge in [0.25, 0.3) is 0 Å². The SMILES string of the molecule is CC1=CC=CC(C)=C(OCC(=O)O)C1. The third kappa shape index (κ3) is 3.09. The molecule has 14 heavy (non-hydrogen) atoms. The van der Waals surface area contributed by atoms with Gasteiger partial charge in [0.05, 0.1) is 0 Å². The monoisotopic (exact) mass is 194 g/mol. The summed E-state index contributed by atoms with van der Waals surface area (Å²) < 4.78 is 5.20. The van der Waals surface area contributed by atoms with E-state index >= 15 is 0 Å². The number of ether oxygens (including phenoxy) is 1. The number of carboxylic acids is 1. The van der Waals surface area contributed by atoms with Crippen molar-refractivity contribution in [3.8, 4) is 0 Å². The second kappa shape index (κ2) is 4.65. The summed E-state index contributed by atoms with van der Waals surface area (Å²) in [5.74, 6) is -0.199. The number of carboxylic acid groups (broad SMARTS) is 1. The lowest BCUT2D eigenvalue weighted by Gasteiger charge is -2.09. The zero-order valence-corrected chi connectivity index (χ0v) is 8.41. The van der Waals surface area contributed by atoms with E-state index < -0.39 is 5.97 Å². The lowest BCUT2D eigenvalue weighted by Crippen LogP contribution is -2.07. The molecule has 1 N–H and O–H groups in total. The minimum absolute atomic E-state index is 0.270. The van der Waals surface area contributed by atoms with Crippen LogP contribution in [-0.4, -0.2) is 17.7 Å². The summed E-state index contributed by atoms with van der Waals surface area (Å²) in [5.41, 5.74) is 2.15. The maximum absolute atomic E-state index is 10.3. The van der Waals surface area contributed by atoms with Gasteiger partial charge in [0, 0.05) is 6.42 Å². The molecule has 0 fully saturated rings. The van der Waals surface area contributed by atoms with Gasteiger partial charge in [-0.25, -0.2) is 4.79 Å². The molecule has 1 aliphatic rings. The van der Waals surface area contributed by atoms with Crippen LogP contribution in [0.25, 0.3) is 0 Å². The van der Waals surface area contributed by atoms with E-state index in [-0.39, 0.29) is 6.61 Å². The Morgan fingerprint density at radius 2 is 2.29 bits per heavy atom. The first-order chi connectivity index (χ1) is 6.59. The maximum atomic E-state index is 10.3. The predicted octanol–water partition coefficient (Wildman–Crippen LogP) is 2.27. The highest BCUT2D eigenvalue weighted by Gasteiger charge is 2.07. The lowest BCUT2D eigenvalue weighted by atomic mass is 10.1. The van der Waals surface area contributed by atoms with Crippen LogP contribution in [-0.2, 0) is 9.53 Å². The number of allylic oxidation sites excluding steroid dienone is 5. The van der Waals surface area contributed by atoms with E-state index in [2.05, 4.69) is 0 Å². The van der Waals surface area contributed by atoms with E-state index in [1.165, 1.54) is 5.57 Å². The molecule has 1 aliphatic carbocycles. The Hall–Kier alpha value is -1.51. The van der Waals surface area contributed by atoms with Gasteiger partial charge < -0.3 is 9.84 Å². The first-order valence-corrected chi connectivity index (χ1v) is 4.48. The number of hydrogen-bond acceptors (Lipinski definition) is 2. The first kappa shape index (κ1) is 10.6. The highest BCUT2D eigenvalue weighted by atomic mass is 16.5. The molecule has 1 rings (SSSR count). The Morgan fingerprint density at radius 1 is 1.57 bits per heavy atom. The van der Waals surface area contributed by atoms with Crippen LogP contribution in [0.4, 0.5) is 0 Å². The van der Waals surface area contributed by atoms with Gasteiger partial charge in [-0.3, -0.25) is 0 Å². The van der Waals surface area contributed by atoms with E-state index in [0.29, 0.717) is 6.42 Å². The second-order valence-electron chi connectivity index (χ2n) is 3.34. The van der Waals surface area contributed by atoms with Gasteiger partial charge in [0.1, 0.15) is 5.76 Å². The molecular formula is C11H14O3. The van der Waals surface area contributed by atoms with Crippen molar-refractivity contribution in [2.75, 3.05) is 6.61 Å². The highest BCUT2D eigenvalue weighted by Crippen LogP contribution is 2.20. The van der Waals surface area contributed by atoms with Crippen LogP contribution in [0, 0.1) is 0 Å². The summed E-state index contributed by atoms with van der Waals surface area (Å²) in [5, 5.41) is 8.49. The van der Waals surface area contributed by atoms with Crippen molar-refractivity contribution in [1.82, 2.24) is 0 Å². The van der Waals surface area contributed by atoms with Crippen LogP contribution in [0.15, 0.2) is 35.1 Å². The summed E-state index contributed by atoms with van der Waals surface area (Å²) in [4.78, 5) is 10.3. The van der Waals surface area contributed by atoms with Crippen LogP contribution in [0.2, 0.25) is 0 Å². The van der Waals surface area contributed by atoms with E-state index in [9.17, 15) is 4.79 Å². The summed E-state index contributed by atoms with van der Waals surface area (Å²) in [6.45, 7) is 3.64. The van der Waals surface area contributed by atoms with Crippen molar-refractivity contribution in [1.29, 1.82) is 0 Å². The molecule has 0 radical (unpaired) electrons. The van der Waals surface area contributed by atoms with Gasteiger partial charge in [0.15, 0.2) is 6.61 Å². The van der Waals surface area contributed by atoms with Crippen molar-refractivity contribution in [3.05, 3.63) is 35.1 Å². The number of rotatable bonds is 3. The first-order valence-electron chi connectivity index (χ1n) is 4.48. The topological polar surface area (TPSA) is 46.5 Å². The van der Waals surface area contributed by atoms with Crippen molar-refractivity contribution < 1.29 is 14.6 Å². The summed E-state index contributed by atoms with van der Waals surface area (Å²) in [7, 11) is 0. The van der Waals surface area contributed by atoms with Crippen LogP contribution in [0.1, 0.15) is 20.3 Å². The minimum atomic E-state index is -0.944. The van der Waals surface area contributed by atoms with Gasteiger partial charge in [-0.1, -0.05) is 23.8 Å². The average molecular weight is 194 g/mol. The van der Waals surface area contributed by atoms with Gasteiger partial charge in [-0.15, -0.1) is 0 Å². The molecule has 0 amide bonds. The van der Waals surface area contributed by atoms with E-state index in [4.69, 9.17) is 9.84 Å². The fraction of sp³-hybridized carbons (Fsp3) is 0.364. The standard InChI is InChI=1S/C11H14O3/c1-8-4-3-5-9(2)10(6-8)14-7-11(12)13/h3-5H,6-7H2,1-2H3,(H,12,13).